The van der Waals surface area contributed by atoms with Crippen LogP contribution in [0, 0.1) is 5.92 Å². The summed E-state index contributed by atoms with van der Waals surface area (Å²) >= 11 is 0. The zero-order chi connectivity index (χ0) is 10.6. The number of rotatable bonds is 9. The van der Waals surface area contributed by atoms with Gasteiger partial charge in [-0.3, -0.25) is 0 Å². The molecule has 0 bridgehead atoms. The molecule has 0 heterocycles. The van der Waals surface area contributed by atoms with E-state index < -0.39 is 0 Å². The van der Waals surface area contributed by atoms with E-state index in [1.807, 2.05) is 0 Å². The maximum absolute atomic E-state index is 3.83. The van der Waals surface area contributed by atoms with Crippen LogP contribution in [0.3, 0.4) is 0 Å². The fourth-order valence-electron chi connectivity index (χ4n) is 1.76. The van der Waals surface area contributed by atoms with Crippen molar-refractivity contribution in [1.29, 1.82) is 0 Å². The van der Waals surface area contributed by atoms with Gasteiger partial charge in [0.05, 0.1) is 0 Å². The highest BCUT2D eigenvalue weighted by molar-refractivity contribution is 4.83. The van der Waals surface area contributed by atoms with Gasteiger partial charge in [0.1, 0.15) is 0 Å². The zero-order valence-electron chi connectivity index (χ0n) is 9.97. The third-order valence-electron chi connectivity index (χ3n) is 2.67. The van der Waals surface area contributed by atoms with Gasteiger partial charge in [0, 0.05) is 0 Å². The van der Waals surface area contributed by atoms with Gasteiger partial charge in [0.25, 0.3) is 0 Å². The Kier molecular flexibility index (Phi) is 10.2. The first kappa shape index (κ1) is 13.5. The lowest BCUT2D eigenvalue weighted by Crippen LogP contribution is -1.97. The Hall–Kier alpha value is -0.520. The average molecular weight is 194 g/mol. The van der Waals surface area contributed by atoms with Gasteiger partial charge in [-0.05, 0) is 32.1 Å². The minimum absolute atomic E-state index is 0.834. The quantitative estimate of drug-likeness (QED) is 0.353. The molecule has 0 amide bonds. The number of hydrogen-bond acceptors (Lipinski definition) is 0. The summed E-state index contributed by atoms with van der Waals surface area (Å²) in [4.78, 5) is 0. The maximum Gasteiger partial charge on any atom is -0.0319 e. The summed E-state index contributed by atoms with van der Waals surface area (Å²) in [6.07, 6.45) is 15.8. The maximum atomic E-state index is 3.83. The molecule has 0 radical (unpaired) electrons. The first-order valence-electron chi connectivity index (χ1n) is 6.07. The van der Waals surface area contributed by atoms with Crippen LogP contribution in [0.4, 0.5) is 0 Å². The minimum atomic E-state index is 0.834. The van der Waals surface area contributed by atoms with Crippen LogP contribution >= 0.6 is 0 Å². The summed E-state index contributed by atoms with van der Waals surface area (Å²) in [7, 11) is 0. The Balaban J connectivity index is 3.55. The molecule has 0 heteroatoms. The largest absolute Gasteiger partial charge is 0.103 e. The van der Waals surface area contributed by atoms with Crippen molar-refractivity contribution in [1.82, 2.24) is 0 Å². The van der Waals surface area contributed by atoms with Crippen LogP contribution in [0.15, 0.2) is 24.8 Å². The summed E-state index contributed by atoms with van der Waals surface area (Å²) < 4.78 is 0. The molecular weight excluding hydrogens is 168 g/mol. The van der Waals surface area contributed by atoms with Gasteiger partial charge in [0.2, 0.25) is 0 Å². The highest BCUT2D eigenvalue weighted by Crippen LogP contribution is 2.18. The van der Waals surface area contributed by atoms with Gasteiger partial charge in [-0.2, -0.15) is 0 Å². The molecule has 0 N–H and O–H groups in total. The lowest BCUT2D eigenvalue weighted by Gasteiger charge is -2.12. The topological polar surface area (TPSA) is 0 Å². The van der Waals surface area contributed by atoms with Crippen LogP contribution in [0.5, 0.6) is 0 Å². The molecular formula is C14H26. The summed E-state index contributed by atoms with van der Waals surface area (Å²) in [5, 5.41) is 0. The molecule has 0 aromatic heterocycles. The average Bonchev–Trinajstić information content (AvgIpc) is 2.20. The van der Waals surface area contributed by atoms with Crippen LogP contribution in [-0.4, -0.2) is 0 Å². The predicted octanol–water partition coefficient (Wildman–Crippen LogP) is 5.12. The van der Waals surface area contributed by atoms with E-state index in [2.05, 4.69) is 38.7 Å². The second-order valence-corrected chi connectivity index (χ2v) is 4.04. The second kappa shape index (κ2) is 10.6. The first-order valence-corrected chi connectivity index (χ1v) is 6.07. The molecule has 0 spiro atoms. The molecule has 82 valence electrons. The highest BCUT2D eigenvalue weighted by Gasteiger charge is 2.03. The molecule has 0 aliphatic heterocycles. The normalized spacial score (nSPS) is 13.3. The Morgan fingerprint density at radius 2 is 1.93 bits per heavy atom. The fraction of sp³-hybridized carbons (Fsp3) is 0.714. The second-order valence-electron chi connectivity index (χ2n) is 4.04. The number of unbranched alkanes of at least 4 members (excludes halogenated alkanes) is 3. The first-order chi connectivity index (χ1) is 6.85. The molecule has 0 aromatic rings. The Labute approximate surface area is 90.1 Å². The SMILES string of the molecule is C=CCC(C/C=C/C)CCCCCC. The summed E-state index contributed by atoms with van der Waals surface area (Å²) in [6.45, 7) is 8.19. The standard InChI is InChI=1S/C14H26/c1-4-7-9-10-13-14(11-6-3)12-8-5-2/h5-6,8,14H,3-4,7,9-13H2,1-2H3/b8-5+. The fourth-order valence-corrected chi connectivity index (χ4v) is 1.76. The van der Waals surface area contributed by atoms with E-state index in [-0.39, 0.29) is 0 Å². The molecule has 0 rings (SSSR count). The molecule has 0 aliphatic rings. The van der Waals surface area contributed by atoms with E-state index in [4.69, 9.17) is 0 Å². The molecule has 0 fully saturated rings. The van der Waals surface area contributed by atoms with Crippen LogP contribution < -0.4 is 0 Å². The molecule has 1 unspecified atom stereocenters. The smallest absolute Gasteiger partial charge is 0.0319 e. The minimum Gasteiger partial charge on any atom is -0.103 e. The monoisotopic (exact) mass is 194 g/mol. The summed E-state index contributed by atoms with van der Waals surface area (Å²) in [5.74, 6) is 0.834. The third-order valence-corrected chi connectivity index (χ3v) is 2.67. The van der Waals surface area contributed by atoms with Crippen molar-refractivity contribution in [3.63, 3.8) is 0 Å². The van der Waals surface area contributed by atoms with Crippen molar-refractivity contribution in [2.24, 2.45) is 5.92 Å². The molecule has 1 atom stereocenters. The van der Waals surface area contributed by atoms with Crippen molar-refractivity contribution in [2.75, 3.05) is 0 Å². The molecule has 0 saturated heterocycles. The van der Waals surface area contributed by atoms with Crippen LogP contribution in [0.1, 0.15) is 58.8 Å². The van der Waals surface area contributed by atoms with Crippen molar-refractivity contribution in [3.05, 3.63) is 24.8 Å². The molecule has 14 heavy (non-hydrogen) atoms. The van der Waals surface area contributed by atoms with Crippen molar-refractivity contribution >= 4 is 0 Å². The lowest BCUT2D eigenvalue weighted by molar-refractivity contribution is 0.462. The zero-order valence-corrected chi connectivity index (χ0v) is 9.97. The van der Waals surface area contributed by atoms with E-state index in [0.717, 1.165) is 5.92 Å². The van der Waals surface area contributed by atoms with Crippen LogP contribution in [0.25, 0.3) is 0 Å². The van der Waals surface area contributed by atoms with E-state index >= 15 is 0 Å². The van der Waals surface area contributed by atoms with Gasteiger partial charge in [0.15, 0.2) is 0 Å². The number of hydrogen-bond donors (Lipinski definition) is 0. The van der Waals surface area contributed by atoms with E-state index in [1.54, 1.807) is 0 Å². The Morgan fingerprint density at radius 1 is 1.14 bits per heavy atom. The summed E-state index contributed by atoms with van der Waals surface area (Å²) in [6, 6.07) is 0. The van der Waals surface area contributed by atoms with Gasteiger partial charge in [-0.15, -0.1) is 6.58 Å². The Morgan fingerprint density at radius 3 is 2.50 bits per heavy atom. The Bertz CT molecular complexity index is 144. The van der Waals surface area contributed by atoms with Gasteiger partial charge < -0.3 is 0 Å². The van der Waals surface area contributed by atoms with Crippen molar-refractivity contribution in [3.8, 4) is 0 Å². The van der Waals surface area contributed by atoms with E-state index in [0.29, 0.717) is 0 Å². The van der Waals surface area contributed by atoms with Gasteiger partial charge in [-0.25, -0.2) is 0 Å². The van der Waals surface area contributed by atoms with Crippen LogP contribution in [-0.2, 0) is 0 Å². The van der Waals surface area contributed by atoms with E-state index in [9.17, 15) is 0 Å². The van der Waals surface area contributed by atoms with Crippen molar-refractivity contribution in [2.45, 2.75) is 58.8 Å². The van der Waals surface area contributed by atoms with Crippen LogP contribution in [0.2, 0.25) is 0 Å². The lowest BCUT2D eigenvalue weighted by atomic mass is 9.94. The highest BCUT2D eigenvalue weighted by atomic mass is 14.1. The predicted molar refractivity (Wildman–Crippen MR) is 66.5 cm³/mol. The molecule has 0 aromatic carbocycles. The number of allylic oxidation sites excluding steroid dienone is 3. The van der Waals surface area contributed by atoms with Gasteiger partial charge in [-0.1, -0.05) is 50.8 Å². The molecule has 0 aliphatic carbocycles. The van der Waals surface area contributed by atoms with Gasteiger partial charge >= 0.3 is 0 Å². The molecule has 0 nitrogen and oxygen atoms in total. The van der Waals surface area contributed by atoms with E-state index in [1.165, 1.54) is 44.9 Å². The molecule has 0 saturated carbocycles. The summed E-state index contributed by atoms with van der Waals surface area (Å²) in [5.41, 5.74) is 0. The van der Waals surface area contributed by atoms with Crippen molar-refractivity contribution < 1.29 is 0 Å². The third kappa shape index (κ3) is 8.10.